The van der Waals surface area contributed by atoms with Crippen molar-refractivity contribution in [1.29, 1.82) is 0 Å². The van der Waals surface area contributed by atoms with Crippen LogP contribution in [0.3, 0.4) is 0 Å². The number of benzene rings is 1. The third-order valence-corrected chi connectivity index (χ3v) is 7.39. The SMILES string of the molecule is CC(C)(C)OC(=O)N1C2CCC(C2)[C@H]1C(=O)N[C@@H](Cc1ccc(C2CCCNC2)cc1F)C(N)=O. The Labute approximate surface area is 206 Å². The second-order valence-electron chi connectivity index (χ2n) is 11.1. The number of carbonyl (C=O) groups is 3. The van der Waals surface area contributed by atoms with Crippen molar-refractivity contribution < 1.29 is 23.5 Å². The molecule has 3 fully saturated rings. The predicted octanol–water partition coefficient (Wildman–Crippen LogP) is 2.59. The minimum atomic E-state index is -1.08. The van der Waals surface area contributed by atoms with Crippen LogP contribution >= 0.6 is 0 Å². The number of nitrogens with two attached hydrogens (primary N) is 1. The zero-order chi connectivity index (χ0) is 25.3. The molecule has 3 amide bonds. The zero-order valence-electron chi connectivity index (χ0n) is 20.8. The van der Waals surface area contributed by atoms with E-state index in [0.29, 0.717) is 5.56 Å². The number of rotatable bonds is 6. The summed E-state index contributed by atoms with van der Waals surface area (Å²) in [6.45, 7) is 7.13. The van der Waals surface area contributed by atoms with Crippen molar-refractivity contribution in [3.63, 3.8) is 0 Å². The highest BCUT2D eigenvalue weighted by Gasteiger charge is 2.52. The lowest BCUT2D eigenvalue weighted by molar-refractivity contribution is -0.132. The molecule has 0 aromatic heterocycles. The number of piperidine rings is 2. The average Bonchev–Trinajstić information content (AvgIpc) is 3.41. The van der Waals surface area contributed by atoms with Crippen LogP contribution in [0.2, 0.25) is 0 Å². The summed E-state index contributed by atoms with van der Waals surface area (Å²) in [5, 5.41) is 6.04. The van der Waals surface area contributed by atoms with Crippen LogP contribution in [0, 0.1) is 11.7 Å². The number of hydrogen-bond acceptors (Lipinski definition) is 5. The van der Waals surface area contributed by atoms with Gasteiger partial charge in [-0.25, -0.2) is 9.18 Å². The summed E-state index contributed by atoms with van der Waals surface area (Å²) in [6, 6.07) is 3.21. The van der Waals surface area contributed by atoms with E-state index >= 15 is 0 Å². The van der Waals surface area contributed by atoms with Gasteiger partial charge in [0.15, 0.2) is 0 Å². The molecule has 0 spiro atoms. The number of fused-ring (bicyclic) bond motifs is 2. The van der Waals surface area contributed by atoms with Gasteiger partial charge < -0.3 is 21.1 Å². The van der Waals surface area contributed by atoms with Crippen LogP contribution in [-0.2, 0) is 20.7 Å². The Morgan fingerprint density at radius 2 is 2.03 bits per heavy atom. The van der Waals surface area contributed by atoms with Crippen molar-refractivity contribution >= 4 is 17.9 Å². The van der Waals surface area contributed by atoms with Crippen LogP contribution in [0.5, 0.6) is 0 Å². The molecule has 2 aliphatic heterocycles. The Hall–Kier alpha value is -2.68. The summed E-state index contributed by atoms with van der Waals surface area (Å²) in [4.78, 5) is 39.9. The number of amides is 3. The minimum Gasteiger partial charge on any atom is -0.444 e. The van der Waals surface area contributed by atoms with Crippen LogP contribution in [0.25, 0.3) is 0 Å². The lowest BCUT2D eigenvalue weighted by atomic mass is 9.90. The number of nitrogens with zero attached hydrogens (tertiary/aromatic N) is 1. The summed E-state index contributed by atoms with van der Waals surface area (Å²) in [5.74, 6) is -1.34. The van der Waals surface area contributed by atoms with E-state index in [0.717, 1.165) is 50.8 Å². The summed E-state index contributed by atoms with van der Waals surface area (Å²) < 4.78 is 20.5. The first-order chi connectivity index (χ1) is 16.5. The monoisotopic (exact) mass is 488 g/mol. The Morgan fingerprint density at radius 3 is 2.66 bits per heavy atom. The van der Waals surface area contributed by atoms with E-state index in [1.807, 2.05) is 6.07 Å². The molecule has 192 valence electrons. The molecule has 1 aliphatic carbocycles. The van der Waals surface area contributed by atoms with Gasteiger partial charge in [-0.2, -0.15) is 0 Å². The molecule has 4 N–H and O–H groups in total. The van der Waals surface area contributed by atoms with E-state index < -0.39 is 41.4 Å². The van der Waals surface area contributed by atoms with Gasteiger partial charge in [0.2, 0.25) is 11.8 Å². The summed E-state index contributed by atoms with van der Waals surface area (Å²) in [7, 11) is 0. The first kappa shape index (κ1) is 25.4. The molecule has 3 unspecified atom stereocenters. The predicted molar refractivity (Wildman–Crippen MR) is 129 cm³/mol. The van der Waals surface area contributed by atoms with Crippen molar-refractivity contribution in [1.82, 2.24) is 15.5 Å². The van der Waals surface area contributed by atoms with Crippen molar-refractivity contribution in [3.8, 4) is 0 Å². The van der Waals surface area contributed by atoms with Gasteiger partial charge in [-0.05, 0) is 88.4 Å². The minimum absolute atomic E-state index is 0.00108. The van der Waals surface area contributed by atoms with Crippen LogP contribution in [-0.4, -0.2) is 59.6 Å². The lowest BCUT2D eigenvalue weighted by Crippen LogP contribution is -2.57. The Kier molecular flexibility index (Phi) is 7.35. The zero-order valence-corrected chi connectivity index (χ0v) is 20.8. The van der Waals surface area contributed by atoms with Crippen molar-refractivity contribution in [3.05, 3.63) is 35.1 Å². The fraction of sp³-hybridized carbons (Fsp3) is 0.654. The largest absolute Gasteiger partial charge is 0.444 e. The Balaban J connectivity index is 1.46. The highest BCUT2D eigenvalue weighted by molar-refractivity contribution is 5.91. The van der Waals surface area contributed by atoms with Crippen LogP contribution < -0.4 is 16.4 Å². The van der Waals surface area contributed by atoms with Gasteiger partial charge in [0.25, 0.3) is 0 Å². The fourth-order valence-electron chi connectivity index (χ4n) is 5.72. The smallest absolute Gasteiger partial charge is 0.411 e. The van der Waals surface area contributed by atoms with E-state index in [9.17, 15) is 18.8 Å². The molecule has 8 nitrogen and oxygen atoms in total. The highest BCUT2D eigenvalue weighted by Crippen LogP contribution is 2.43. The highest BCUT2D eigenvalue weighted by atomic mass is 19.1. The molecule has 2 saturated heterocycles. The molecule has 5 atom stereocenters. The van der Waals surface area contributed by atoms with Gasteiger partial charge in [0.05, 0.1) is 0 Å². The van der Waals surface area contributed by atoms with Gasteiger partial charge in [0, 0.05) is 19.0 Å². The van der Waals surface area contributed by atoms with Gasteiger partial charge in [0.1, 0.15) is 23.5 Å². The summed E-state index contributed by atoms with van der Waals surface area (Å²) in [6.07, 6.45) is 3.85. The number of primary amides is 1. The Bertz CT molecular complexity index is 973. The lowest BCUT2D eigenvalue weighted by Gasteiger charge is -2.36. The molecule has 1 aromatic rings. The molecule has 0 radical (unpaired) electrons. The normalized spacial score (nSPS) is 26.9. The first-order valence-corrected chi connectivity index (χ1v) is 12.6. The maximum Gasteiger partial charge on any atom is 0.411 e. The Morgan fingerprint density at radius 1 is 1.26 bits per heavy atom. The number of hydrogen-bond donors (Lipinski definition) is 3. The molecule has 35 heavy (non-hydrogen) atoms. The first-order valence-electron chi connectivity index (χ1n) is 12.6. The maximum atomic E-state index is 15.0. The van der Waals surface area contributed by atoms with Crippen LogP contribution in [0.1, 0.15) is 69.9 Å². The fourth-order valence-corrected chi connectivity index (χ4v) is 5.72. The molecule has 4 rings (SSSR count). The molecule has 2 heterocycles. The van der Waals surface area contributed by atoms with E-state index in [-0.39, 0.29) is 24.3 Å². The van der Waals surface area contributed by atoms with E-state index in [1.54, 1.807) is 26.8 Å². The van der Waals surface area contributed by atoms with E-state index in [2.05, 4.69) is 10.6 Å². The van der Waals surface area contributed by atoms with Crippen molar-refractivity contribution in [2.45, 2.75) is 88.9 Å². The van der Waals surface area contributed by atoms with Gasteiger partial charge in [-0.1, -0.05) is 12.1 Å². The van der Waals surface area contributed by atoms with Gasteiger partial charge in [-0.15, -0.1) is 0 Å². The van der Waals surface area contributed by atoms with Crippen LogP contribution in [0.4, 0.5) is 9.18 Å². The van der Waals surface area contributed by atoms with Crippen LogP contribution in [0.15, 0.2) is 18.2 Å². The molecular formula is C26H37FN4O4. The maximum absolute atomic E-state index is 15.0. The topological polar surface area (TPSA) is 114 Å². The number of nitrogens with one attached hydrogen (secondary N) is 2. The van der Waals surface area contributed by atoms with Gasteiger partial charge in [-0.3, -0.25) is 14.5 Å². The summed E-state index contributed by atoms with van der Waals surface area (Å²) >= 11 is 0. The van der Waals surface area contributed by atoms with E-state index in [4.69, 9.17) is 10.5 Å². The molecule has 1 aromatic carbocycles. The number of halogens is 1. The molecular weight excluding hydrogens is 451 g/mol. The second kappa shape index (κ2) is 10.1. The third kappa shape index (κ3) is 5.77. The third-order valence-electron chi connectivity index (χ3n) is 7.39. The second-order valence-corrected chi connectivity index (χ2v) is 11.1. The number of carbonyl (C=O) groups excluding carboxylic acids is 3. The number of likely N-dealkylation sites (tertiary alicyclic amines) is 1. The van der Waals surface area contributed by atoms with Crippen molar-refractivity contribution in [2.75, 3.05) is 13.1 Å². The molecule has 3 aliphatic rings. The average molecular weight is 489 g/mol. The molecule has 9 heteroatoms. The van der Waals surface area contributed by atoms with E-state index in [1.165, 1.54) is 11.0 Å². The number of ether oxygens (including phenoxy) is 1. The molecule has 1 saturated carbocycles. The quantitative estimate of drug-likeness (QED) is 0.570. The van der Waals surface area contributed by atoms with Gasteiger partial charge >= 0.3 is 6.09 Å². The summed E-state index contributed by atoms with van der Waals surface area (Å²) in [5.41, 5.74) is 6.15. The van der Waals surface area contributed by atoms with Crippen molar-refractivity contribution in [2.24, 2.45) is 11.7 Å². The standard InChI is InChI=1S/C26H37FN4O4/c1-26(2,3)35-25(34)31-19-9-8-17(11-19)22(31)24(33)30-21(23(28)32)13-16-7-6-15(12-20(16)27)18-5-4-10-29-14-18/h6-7,12,17-19,21-22,29H,4-5,8-11,13-14H2,1-3H3,(H2,28,32)(H,30,33)/t17?,18?,19?,21-,22-/m0/s1. The molecule has 2 bridgehead atoms.